The monoisotopic (exact) mass is 834 g/mol. The number of quaternary nitrogens is 1. The topological polar surface area (TPSA) is 176 Å². The summed E-state index contributed by atoms with van der Waals surface area (Å²) >= 11 is 6.81. The Labute approximate surface area is 351 Å². The molecule has 60 heavy (non-hydrogen) atoms. The van der Waals surface area contributed by atoms with Gasteiger partial charge in [0.05, 0.1) is 77.1 Å². The average Bonchev–Trinajstić information content (AvgIpc) is 3.70. The molecule has 0 unspecified atom stereocenters. The summed E-state index contributed by atoms with van der Waals surface area (Å²) in [7, 11) is 6.91. The van der Waals surface area contributed by atoms with Gasteiger partial charge in [-0.3, -0.25) is 14.2 Å². The van der Waals surface area contributed by atoms with E-state index in [1.54, 1.807) is 53.5 Å². The first-order chi connectivity index (χ1) is 28.9. The highest BCUT2D eigenvalue weighted by molar-refractivity contribution is 6.35. The highest BCUT2D eigenvalue weighted by Crippen LogP contribution is 2.39. The number of ketones is 1. The molecule has 2 aromatic carbocycles. The molecule has 17 heteroatoms. The lowest BCUT2D eigenvalue weighted by Gasteiger charge is -2.28. The fourth-order valence-corrected chi connectivity index (χ4v) is 7.53. The summed E-state index contributed by atoms with van der Waals surface area (Å²) in [6.45, 7) is 3.94. The number of nitrogens with zero attached hydrogens (tertiary/aromatic N) is 8. The van der Waals surface area contributed by atoms with E-state index in [4.69, 9.17) is 30.8 Å². The number of aromatic nitrogens is 4. The van der Waals surface area contributed by atoms with Gasteiger partial charge in [0.1, 0.15) is 35.7 Å². The van der Waals surface area contributed by atoms with Crippen LogP contribution in [0.2, 0.25) is 5.02 Å². The van der Waals surface area contributed by atoms with Crippen molar-refractivity contribution in [3.8, 4) is 22.6 Å². The Bertz CT molecular complexity index is 2580. The van der Waals surface area contributed by atoms with E-state index < -0.39 is 4.92 Å². The molecule has 2 aliphatic heterocycles. The first kappa shape index (κ1) is 41.7. The van der Waals surface area contributed by atoms with Crippen LogP contribution < -0.4 is 25.2 Å². The Hall–Kier alpha value is -6.49. The highest BCUT2D eigenvalue weighted by atomic mass is 35.5. The lowest BCUT2D eigenvalue weighted by atomic mass is 10.0. The van der Waals surface area contributed by atoms with Crippen LogP contribution in [0, 0.1) is 10.1 Å². The van der Waals surface area contributed by atoms with Gasteiger partial charge in [-0.1, -0.05) is 40.9 Å². The zero-order chi connectivity index (χ0) is 42.4. The first-order valence-corrected chi connectivity index (χ1v) is 19.7. The van der Waals surface area contributed by atoms with Crippen LogP contribution in [-0.2, 0) is 22.5 Å². The van der Waals surface area contributed by atoms with Gasteiger partial charge in [-0.2, -0.15) is 4.98 Å². The molecule has 2 aliphatic rings. The van der Waals surface area contributed by atoms with Gasteiger partial charge in [0.25, 0.3) is 5.56 Å². The minimum Gasteiger partial charge on any atom is -0.497 e. The number of likely N-dealkylation sites (N-methyl/N-ethyl adjacent to an activating group) is 1. The van der Waals surface area contributed by atoms with Crippen molar-refractivity contribution in [3.05, 3.63) is 127 Å². The van der Waals surface area contributed by atoms with Crippen LogP contribution in [-0.4, -0.2) is 109 Å². The van der Waals surface area contributed by atoms with Crippen molar-refractivity contribution < 1.29 is 28.4 Å². The Morgan fingerprint density at radius 1 is 1.03 bits per heavy atom. The molecule has 0 amide bonds. The van der Waals surface area contributed by atoms with Crippen LogP contribution in [0.1, 0.15) is 17.5 Å². The van der Waals surface area contributed by atoms with Crippen LogP contribution in [0.25, 0.3) is 22.2 Å². The number of morpholine rings is 1. The van der Waals surface area contributed by atoms with Crippen molar-refractivity contribution in [2.75, 3.05) is 77.9 Å². The Kier molecular flexibility index (Phi) is 12.6. The smallest absolute Gasteiger partial charge is 0.368 e. The van der Waals surface area contributed by atoms with Crippen molar-refractivity contribution in [2.24, 2.45) is 4.99 Å². The number of rotatable bonds is 16. The lowest BCUT2D eigenvalue weighted by Crippen LogP contribution is -2.41. The quantitative estimate of drug-likeness (QED) is 0.0543. The number of methoxy groups -OCH3 is 2. The number of carbonyl (C=O) groups is 1. The molecule has 310 valence electrons. The van der Waals surface area contributed by atoms with Gasteiger partial charge in [0.15, 0.2) is 5.78 Å². The number of fused-ring (bicyclic) bond motifs is 1. The maximum atomic E-state index is 14.6. The van der Waals surface area contributed by atoms with Crippen LogP contribution in [0.3, 0.4) is 0 Å². The average molecular weight is 835 g/mol. The van der Waals surface area contributed by atoms with E-state index >= 15 is 0 Å². The number of nitrogens with one attached hydrogen (secondary N) is 1. The third-order valence-corrected chi connectivity index (χ3v) is 10.6. The van der Waals surface area contributed by atoms with Crippen LogP contribution in [0.4, 0.5) is 17.5 Å². The van der Waals surface area contributed by atoms with Gasteiger partial charge < -0.3 is 39.0 Å². The van der Waals surface area contributed by atoms with E-state index in [-0.39, 0.29) is 41.1 Å². The van der Waals surface area contributed by atoms with E-state index in [1.807, 2.05) is 50.5 Å². The molecule has 3 aromatic heterocycles. The summed E-state index contributed by atoms with van der Waals surface area (Å²) in [5.74, 6) is 1.38. The number of benzene rings is 2. The SMILES string of the molecule is COc1cc(OC)c(Cl)c(-c2cc3cnc(Nc4ccc(N5CCOCC5)cn4)nc3n(Cc3cccc(CC(=O)/C=C/C[N+](C)(C)CC4=C([N+](=O)[O-])N=CC4)c3)c2=O)c1. The van der Waals surface area contributed by atoms with E-state index in [2.05, 4.69) is 25.2 Å². The fraction of sp³-hybridized carbons (Fsp3) is 0.302. The summed E-state index contributed by atoms with van der Waals surface area (Å²) in [6, 6.07) is 16.4. The number of allylic oxidation sites excluding steroid dienone is 1. The number of hydrogen-bond donors (Lipinski definition) is 1. The van der Waals surface area contributed by atoms with Gasteiger partial charge in [-0.25, -0.2) is 9.97 Å². The summed E-state index contributed by atoms with van der Waals surface area (Å²) in [4.78, 5) is 58.8. The number of anilines is 3. The number of halogens is 1. The van der Waals surface area contributed by atoms with Gasteiger partial charge in [0.2, 0.25) is 5.95 Å². The highest BCUT2D eigenvalue weighted by Gasteiger charge is 2.28. The van der Waals surface area contributed by atoms with E-state index in [0.717, 1.165) is 29.9 Å². The minimum absolute atomic E-state index is 0.0974. The van der Waals surface area contributed by atoms with E-state index in [1.165, 1.54) is 14.2 Å². The van der Waals surface area contributed by atoms with Crippen molar-refractivity contribution in [2.45, 2.75) is 19.4 Å². The van der Waals surface area contributed by atoms with E-state index in [9.17, 15) is 19.7 Å². The molecule has 5 aromatic rings. The number of nitro groups is 1. The van der Waals surface area contributed by atoms with Crippen molar-refractivity contribution in [1.82, 2.24) is 19.5 Å². The molecule has 0 spiro atoms. The predicted molar refractivity (Wildman–Crippen MR) is 230 cm³/mol. The minimum atomic E-state index is -0.455. The summed E-state index contributed by atoms with van der Waals surface area (Å²) in [5, 5.41) is 15.4. The van der Waals surface area contributed by atoms with Gasteiger partial charge in [0, 0.05) is 54.7 Å². The van der Waals surface area contributed by atoms with Gasteiger partial charge >= 0.3 is 5.82 Å². The number of ether oxygens (including phenoxy) is 3. The molecule has 0 bridgehead atoms. The second kappa shape index (κ2) is 18.2. The molecular weight excluding hydrogens is 790 g/mol. The number of carbonyl (C=O) groups excluding carboxylic acids is 1. The summed E-state index contributed by atoms with van der Waals surface area (Å²) in [5.41, 5.74) is 3.88. The first-order valence-electron chi connectivity index (χ1n) is 19.3. The normalized spacial score (nSPS) is 14.3. The van der Waals surface area contributed by atoms with Crippen molar-refractivity contribution >= 4 is 52.1 Å². The zero-order valence-electron chi connectivity index (χ0n) is 33.8. The molecule has 0 aliphatic carbocycles. The standard InChI is InChI=1S/C43H44ClN9O7/c1-53(2,27-30-12-13-45-40(30)52(56)57)16-6-9-33(54)20-28-7-5-8-29(19-28)26-51-41-31(21-36(42(51)55)35-22-34(58-3)23-37(59-4)39(35)44)24-47-43(49-41)48-38-11-10-32(25-46-38)50-14-17-60-18-15-50/h5-11,13,19,21-25H,12,14-18,20,26-27H2,1-4H3/p+1/b9-6+. The molecule has 16 nitrogen and oxygen atoms in total. The second-order valence-electron chi connectivity index (χ2n) is 15.1. The molecule has 0 atom stereocenters. The van der Waals surface area contributed by atoms with Crippen molar-refractivity contribution in [1.29, 1.82) is 0 Å². The molecule has 1 N–H and O–H groups in total. The Morgan fingerprint density at radius 3 is 2.57 bits per heavy atom. The molecule has 5 heterocycles. The zero-order valence-corrected chi connectivity index (χ0v) is 34.5. The molecule has 1 fully saturated rings. The third kappa shape index (κ3) is 9.68. The molecule has 0 radical (unpaired) electrons. The van der Waals surface area contributed by atoms with Gasteiger partial charge in [-0.15, -0.1) is 0 Å². The Balaban J connectivity index is 1.16. The Morgan fingerprint density at radius 2 is 1.83 bits per heavy atom. The lowest BCUT2D eigenvalue weighted by molar-refractivity contribution is -0.880. The fourth-order valence-electron chi connectivity index (χ4n) is 7.24. The summed E-state index contributed by atoms with van der Waals surface area (Å²) < 4.78 is 18.5. The van der Waals surface area contributed by atoms with Crippen LogP contribution >= 0.6 is 11.6 Å². The van der Waals surface area contributed by atoms with Crippen LogP contribution in [0.15, 0.2) is 100 Å². The molecule has 0 saturated carbocycles. The maximum Gasteiger partial charge on any atom is 0.368 e. The summed E-state index contributed by atoms with van der Waals surface area (Å²) in [6.07, 6.45) is 8.90. The second-order valence-corrected chi connectivity index (χ2v) is 15.5. The molecular formula is C43H45ClN9O7+. The largest absolute Gasteiger partial charge is 0.497 e. The van der Waals surface area contributed by atoms with Crippen molar-refractivity contribution in [3.63, 3.8) is 0 Å². The molecule has 1 saturated heterocycles. The third-order valence-electron chi connectivity index (χ3n) is 10.2. The number of aliphatic imine (C=N–C) groups is 1. The number of hydrogen-bond acceptors (Lipinski definition) is 13. The molecule has 7 rings (SSSR count). The van der Waals surface area contributed by atoms with Crippen LogP contribution in [0.5, 0.6) is 11.5 Å². The predicted octanol–water partition coefficient (Wildman–Crippen LogP) is 5.86. The number of pyridine rings is 2. The van der Waals surface area contributed by atoms with Gasteiger partial charge in [-0.05, 0) is 52.5 Å². The van der Waals surface area contributed by atoms with E-state index in [0.29, 0.717) is 82.3 Å². The maximum absolute atomic E-state index is 14.6.